The molecule has 0 aliphatic rings. The predicted molar refractivity (Wildman–Crippen MR) is 78.3 cm³/mol. The van der Waals surface area contributed by atoms with Gasteiger partial charge in [0.05, 0.1) is 11.2 Å². The Morgan fingerprint density at radius 1 is 1.00 bits per heavy atom. The van der Waals surface area contributed by atoms with Crippen LogP contribution in [-0.4, -0.2) is 24.6 Å². The van der Waals surface area contributed by atoms with Crippen LogP contribution in [0.1, 0.15) is 5.56 Å². The number of ether oxygens (including phenoxy) is 2. The number of hydrogen-bond acceptors (Lipinski definition) is 4. The Labute approximate surface area is 122 Å². The average molecular weight is 292 g/mol. The highest BCUT2D eigenvalue weighted by Crippen LogP contribution is 2.22. The van der Waals surface area contributed by atoms with Crippen molar-refractivity contribution in [1.82, 2.24) is 0 Å². The van der Waals surface area contributed by atoms with Crippen molar-refractivity contribution in [3.05, 3.63) is 59.1 Å². The molecule has 0 bridgehead atoms. The molecule has 0 aliphatic heterocycles. The van der Waals surface area contributed by atoms with Gasteiger partial charge in [0, 0.05) is 0 Å². The quantitative estimate of drug-likeness (QED) is 0.383. The summed E-state index contributed by atoms with van der Waals surface area (Å²) < 4.78 is 11.0. The Bertz CT molecular complexity index is 570. The zero-order valence-electron chi connectivity index (χ0n) is 10.7. The van der Waals surface area contributed by atoms with E-state index in [4.69, 9.17) is 26.3 Å². The van der Waals surface area contributed by atoms with E-state index >= 15 is 0 Å². The SMILES string of the molecule is ON=Cc1ccc(OCCOc2ccccc2Cl)cc1. The summed E-state index contributed by atoms with van der Waals surface area (Å²) in [5.41, 5.74) is 0.798. The highest BCUT2D eigenvalue weighted by molar-refractivity contribution is 6.32. The van der Waals surface area contributed by atoms with E-state index in [1.165, 1.54) is 6.21 Å². The van der Waals surface area contributed by atoms with Crippen LogP contribution in [0.3, 0.4) is 0 Å². The summed E-state index contributed by atoms with van der Waals surface area (Å²) in [6.07, 6.45) is 1.35. The number of hydrogen-bond donors (Lipinski definition) is 1. The first kappa shape index (κ1) is 14.2. The van der Waals surface area contributed by atoms with Gasteiger partial charge >= 0.3 is 0 Å². The molecular weight excluding hydrogens is 278 g/mol. The first-order valence-electron chi connectivity index (χ1n) is 6.07. The van der Waals surface area contributed by atoms with Crippen LogP contribution in [0, 0.1) is 0 Å². The Morgan fingerprint density at radius 3 is 2.40 bits per heavy atom. The van der Waals surface area contributed by atoms with Crippen molar-refractivity contribution in [1.29, 1.82) is 0 Å². The molecule has 2 aromatic carbocycles. The van der Waals surface area contributed by atoms with Crippen molar-refractivity contribution >= 4 is 17.8 Å². The van der Waals surface area contributed by atoms with Crippen LogP contribution in [0.4, 0.5) is 0 Å². The van der Waals surface area contributed by atoms with Gasteiger partial charge < -0.3 is 14.7 Å². The first-order chi connectivity index (χ1) is 9.79. The fraction of sp³-hybridized carbons (Fsp3) is 0.133. The van der Waals surface area contributed by atoms with Gasteiger partial charge in [0.15, 0.2) is 0 Å². The molecule has 0 amide bonds. The summed E-state index contributed by atoms with van der Waals surface area (Å²) in [5.74, 6) is 1.37. The number of nitrogens with zero attached hydrogens (tertiary/aromatic N) is 1. The van der Waals surface area contributed by atoms with E-state index in [0.29, 0.717) is 24.0 Å². The summed E-state index contributed by atoms with van der Waals surface area (Å²) in [4.78, 5) is 0. The van der Waals surface area contributed by atoms with E-state index in [0.717, 1.165) is 11.3 Å². The molecular formula is C15H14ClNO3. The van der Waals surface area contributed by atoms with Crippen LogP contribution in [-0.2, 0) is 0 Å². The van der Waals surface area contributed by atoms with Crippen LogP contribution in [0.25, 0.3) is 0 Å². The Balaban J connectivity index is 1.77. The van der Waals surface area contributed by atoms with E-state index in [1.54, 1.807) is 30.3 Å². The smallest absolute Gasteiger partial charge is 0.138 e. The van der Waals surface area contributed by atoms with Crippen LogP contribution in [0.5, 0.6) is 11.5 Å². The van der Waals surface area contributed by atoms with Crippen molar-refractivity contribution in [3.8, 4) is 11.5 Å². The number of rotatable bonds is 6. The highest BCUT2D eigenvalue weighted by atomic mass is 35.5. The molecule has 0 atom stereocenters. The lowest BCUT2D eigenvalue weighted by atomic mass is 10.2. The highest BCUT2D eigenvalue weighted by Gasteiger charge is 1.99. The van der Waals surface area contributed by atoms with Crippen LogP contribution >= 0.6 is 11.6 Å². The molecule has 0 aliphatic carbocycles. The van der Waals surface area contributed by atoms with E-state index < -0.39 is 0 Å². The van der Waals surface area contributed by atoms with Crippen LogP contribution < -0.4 is 9.47 Å². The molecule has 0 saturated carbocycles. The zero-order valence-corrected chi connectivity index (χ0v) is 11.5. The number of benzene rings is 2. The van der Waals surface area contributed by atoms with E-state index in [-0.39, 0.29) is 0 Å². The van der Waals surface area contributed by atoms with Crippen LogP contribution in [0.2, 0.25) is 5.02 Å². The monoisotopic (exact) mass is 291 g/mol. The third-order valence-electron chi connectivity index (χ3n) is 2.53. The summed E-state index contributed by atoms with van der Waals surface area (Å²) in [7, 11) is 0. The van der Waals surface area contributed by atoms with Crippen molar-refractivity contribution in [3.63, 3.8) is 0 Å². The number of para-hydroxylation sites is 1. The first-order valence-corrected chi connectivity index (χ1v) is 6.45. The standard InChI is InChI=1S/C15H14ClNO3/c16-14-3-1-2-4-15(14)20-10-9-19-13-7-5-12(6-8-13)11-17-18/h1-8,11,18H,9-10H2. The van der Waals surface area contributed by atoms with E-state index in [1.807, 2.05) is 18.2 Å². The van der Waals surface area contributed by atoms with E-state index in [2.05, 4.69) is 5.16 Å². The molecule has 0 radical (unpaired) electrons. The van der Waals surface area contributed by atoms with Crippen molar-refractivity contribution in [2.45, 2.75) is 0 Å². The minimum Gasteiger partial charge on any atom is -0.490 e. The van der Waals surface area contributed by atoms with Crippen molar-refractivity contribution < 1.29 is 14.7 Å². The summed E-state index contributed by atoms with van der Waals surface area (Å²) in [6, 6.07) is 14.5. The lowest BCUT2D eigenvalue weighted by Crippen LogP contribution is -2.09. The molecule has 0 spiro atoms. The van der Waals surface area contributed by atoms with Gasteiger partial charge in [-0.25, -0.2) is 0 Å². The minimum absolute atomic E-state index is 0.406. The Hall–Kier alpha value is -2.20. The topological polar surface area (TPSA) is 51.1 Å². The third kappa shape index (κ3) is 4.17. The molecule has 0 fully saturated rings. The molecule has 4 nitrogen and oxygen atoms in total. The fourth-order valence-corrected chi connectivity index (χ4v) is 1.78. The zero-order chi connectivity index (χ0) is 14.2. The molecule has 0 heterocycles. The molecule has 2 rings (SSSR count). The molecule has 0 saturated heterocycles. The van der Waals surface area contributed by atoms with Gasteiger partial charge in [-0.3, -0.25) is 0 Å². The summed E-state index contributed by atoms with van der Waals surface area (Å²) in [5, 5.41) is 11.9. The second-order valence-electron chi connectivity index (χ2n) is 3.94. The third-order valence-corrected chi connectivity index (χ3v) is 2.85. The molecule has 2 aromatic rings. The normalized spacial score (nSPS) is 10.7. The minimum atomic E-state index is 0.406. The lowest BCUT2D eigenvalue weighted by Gasteiger charge is -2.09. The Kier molecular flexibility index (Phi) is 5.26. The largest absolute Gasteiger partial charge is 0.490 e. The summed E-state index contributed by atoms with van der Waals surface area (Å²) in [6.45, 7) is 0.822. The molecule has 1 N–H and O–H groups in total. The van der Waals surface area contributed by atoms with Crippen molar-refractivity contribution in [2.75, 3.05) is 13.2 Å². The second-order valence-corrected chi connectivity index (χ2v) is 4.35. The van der Waals surface area contributed by atoms with Gasteiger partial charge in [-0.15, -0.1) is 0 Å². The second kappa shape index (κ2) is 7.40. The van der Waals surface area contributed by atoms with Gasteiger partial charge in [-0.1, -0.05) is 28.9 Å². The molecule has 0 aromatic heterocycles. The predicted octanol–water partition coefficient (Wildman–Crippen LogP) is 3.61. The fourth-order valence-electron chi connectivity index (χ4n) is 1.59. The molecule has 5 heteroatoms. The van der Waals surface area contributed by atoms with Gasteiger partial charge in [-0.2, -0.15) is 0 Å². The van der Waals surface area contributed by atoms with Crippen LogP contribution in [0.15, 0.2) is 53.7 Å². The lowest BCUT2D eigenvalue weighted by molar-refractivity contribution is 0.217. The molecule has 104 valence electrons. The maximum Gasteiger partial charge on any atom is 0.138 e. The maximum atomic E-state index is 8.40. The van der Waals surface area contributed by atoms with Gasteiger partial charge in [0.25, 0.3) is 0 Å². The molecule has 0 unspecified atom stereocenters. The maximum absolute atomic E-state index is 8.40. The Morgan fingerprint density at radius 2 is 1.70 bits per heavy atom. The summed E-state index contributed by atoms with van der Waals surface area (Å²) >= 11 is 5.97. The van der Waals surface area contributed by atoms with Gasteiger partial charge in [-0.05, 0) is 42.0 Å². The van der Waals surface area contributed by atoms with E-state index in [9.17, 15) is 0 Å². The number of halogens is 1. The number of oxime groups is 1. The van der Waals surface area contributed by atoms with Gasteiger partial charge in [0.2, 0.25) is 0 Å². The van der Waals surface area contributed by atoms with Crippen molar-refractivity contribution in [2.24, 2.45) is 5.16 Å². The molecule has 20 heavy (non-hydrogen) atoms. The average Bonchev–Trinajstić information content (AvgIpc) is 2.47. The van der Waals surface area contributed by atoms with Gasteiger partial charge in [0.1, 0.15) is 24.7 Å².